The molecule has 0 saturated carbocycles. The van der Waals surface area contributed by atoms with Crippen LogP contribution in [0.25, 0.3) is 11.4 Å². The number of nitrogens with one attached hydrogen (secondary N) is 1. The first-order chi connectivity index (χ1) is 11.7. The third kappa shape index (κ3) is 4.38. The van der Waals surface area contributed by atoms with Crippen molar-refractivity contribution in [3.8, 4) is 11.4 Å². The fourth-order valence-corrected chi connectivity index (χ4v) is 2.72. The van der Waals surface area contributed by atoms with Crippen molar-refractivity contribution in [3.63, 3.8) is 0 Å². The molecular formula is C17H21FN4O2. The molecule has 0 spiro atoms. The van der Waals surface area contributed by atoms with Crippen molar-refractivity contribution < 1.29 is 13.7 Å². The van der Waals surface area contributed by atoms with Crippen LogP contribution in [0.4, 0.5) is 4.39 Å². The number of rotatable bonds is 5. The van der Waals surface area contributed by atoms with E-state index in [0.29, 0.717) is 36.5 Å². The van der Waals surface area contributed by atoms with Gasteiger partial charge < -0.3 is 14.7 Å². The van der Waals surface area contributed by atoms with E-state index in [1.807, 2.05) is 4.90 Å². The van der Waals surface area contributed by atoms with Crippen LogP contribution in [0.3, 0.4) is 0 Å². The summed E-state index contributed by atoms with van der Waals surface area (Å²) in [6.45, 7) is 3.42. The number of carbonyl (C=O) groups excluding carboxylic acids is 1. The summed E-state index contributed by atoms with van der Waals surface area (Å²) in [6, 6.07) is 5.95. The number of hydrogen-bond donors (Lipinski definition) is 1. The van der Waals surface area contributed by atoms with Crippen molar-refractivity contribution in [1.82, 2.24) is 20.4 Å². The maximum Gasteiger partial charge on any atom is 0.226 e. The number of nitrogens with zero attached hydrogens (tertiary/aromatic N) is 3. The highest BCUT2D eigenvalue weighted by atomic mass is 19.1. The molecule has 24 heavy (non-hydrogen) atoms. The second kappa shape index (κ2) is 8.01. The fraction of sp³-hybridized carbons (Fsp3) is 0.471. The van der Waals surface area contributed by atoms with Crippen molar-refractivity contribution in [2.45, 2.75) is 25.7 Å². The average Bonchev–Trinajstić information content (AvgIpc) is 2.89. The largest absolute Gasteiger partial charge is 0.341 e. The number of amides is 1. The Hall–Kier alpha value is -2.28. The second-order valence-corrected chi connectivity index (χ2v) is 5.86. The van der Waals surface area contributed by atoms with E-state index in [9.17, 15) is 9.18 Å². The molecule has 2 aromatic rings. The molecule has 1 aromatic heterocycles. The van der Waals surface area contributed by atoms with Crippen molar-refractivity contribution in [1.29, 1.82) is 0 Å². The molecule has 1 fully saturated rings. The minimum atomic E-state index is -0.301. The molecule has 0 bridgehead atoms. The lowest BCUT2D eigenvalue weighted by molar-refractivity contribution is -0.131. The van der Waals surface area contributed by atoms with Crippen LogP contribution in [0, 0.1) is 5.82 Å². The van der Waals surface area contributed by atoms with Crippen molar-refractivity contribution >= 4 is 5.91 Å². The topological polar surface area (TPSA) is 71.3 Å². The van der Waals surface area contributed by atoms with Gasteiger partial charge in [0.25, 0.3) is 0 Å². The van der Waals surface area contributed by atoms with E-state index in [0.717, 1.165) is 32.6 Å². The molecule has 1 saturated heterocycles. The summed E-state index contributed by atoms with van der Waals surface area (Å²) in [6.07, 6.45) is 2.71. The lowest BCUT2D eigenvalue weighted by atomic mass is 10.2. The summed E-state index contributed by atoms with van der Waals surface area (Å²) in [5.74, 6) is 0.816. The van der Waals surface area contributed by atoms with E-state index in [1.54, 1.807) is 12.1 Å². The second-order valence-electron chi connectivity index (χ2n) is 5.86. The van der Waals surface area contributed by atoms with E-state index < -0.39 is 0 Å². The minimum Gasteiger partial charge on any atom is -0.341 e. The molecular weight excluding hydrogens is 311 g/mol. The normalized spacial score (nSPS) is 15.3. The van der Waals surface area contributed by atoms with Crippen LogP contribution in [0.2, 0.25) is 0 Å². The summed E-state index contributed by atoms with van der Waals surface area (Å²) >= 11 is 0. The number of aryl methyl sites for hydroxylation is 1. The van der Waals surface area contributed by atoms with Crippen LogP contribution >= 0.6 is 0 Å². The lowest BCUT2D eigenvalue weighted by Gasteiger charge is -2.19. The molecule has 1 N–H and O–H groups in total. The summed E-state index contributed by atoms with van der Waals surface area (Å²) in [4.78, 5) is 18.4. The van der Waals surface area contributed by atoms with Gasteiger partial charge in [0.05, 0.1) is 0 Å². The molecule has 128 valence electrons. The van der Waals surface area contributed by atoms with Gasteiger partial charge >= 0.3 is 0 Å². The zero-order valence-corrected chi connectivity index (χ0v) is 13.5. The highest BCUT2D eigenvalue weighted by molar-refractivity contribution is 5.76. The van der Waals surface area contributed by atoms with Gasteiger partial charge in [0.15, 0.2) is 0 Å². The van der Waals surface area contributed by atoms with Gasteiger partial charge in [-0.05, 0) is 43.7 Å². The first-order valence-corrected chi connectivity index (χ1v) is 8.29. The molecule has 7 heteroatoms. The Morgan fingerprint density at radius 1 is 1.25 bits per heavy atom. The number of aromatic nitrogens is 2. The van der Waals surface area contributed by atoms with Gasteiger partial charge in [-0.3, -0.25) is 4.79 Å². The van der Waals surface area contributed by atoms with Gasteiger partial charge in [-0.25, -0.2) is 4.39 Å². The van der Waals surface area contributed by atoms with E-state index in [4.69, 9.17) is 4.52 Å². The molecule has 0 radical (unpaired) electrons. The fourth-order valence-electron chi connectivity index (χ4n) is 2.72. The number of carbonyl (C=O) groups is 1. The van der Waals surface area contributed by atoms with E-state index in [1.165, 1.54) is 12.1 Å². The highest BCUT2D eigenvalue weighted by Gasteiger charge is 2.15. The molecule has 1 aromatic carbocycles. The van der Waals surface area contributed by atoms with Crippen molar-refractivity contribution in [2.75, 3.05) is 26.2 Å². The molecule has 0 aliphatic carbocycles. The first-order valence-electron chi connectivity index (χ1n) is 8.29. The maximum atomic E-state index is 12.9. The van der Waals surface area contributed by atoms with Crippen LogP contribution in [-0.4, -0.2) is 47.1 Å². The van der Waals surface area contributed by atoms with Gasteiger partial charge in [0.2, 0.25) is 17.6 Å². The molecule has 2 heterocycles. The lowest BCUT2D eigenvalue weighted by Crippen LogP contribution is -2.34. The predicted octanol–water partition coefficient (Wildman–Crippen LogP) is 2.02. The van der Waals surface area contributed by atoms with Gasteiger partial charge in [-0.1, -0.05) is 5.16 Å². The smallest absolute Gasteiger partial charge is 0.226 e. The average molecular weight is 332 g/mol. The van der Waals surface area contributed by atoms with E-state index in [2.05, 4.69) is 15.5 Å². The molecule has 0 atom stereocenters. The van der Waals surface area contributed by atoms with Crippen LogP contribution in [-0.2, 0) is 11.2 Å². The first kappa shape index (κ1) is 16.6. The molecule has 3 rings (SSSR count). The van der Waals surface area contributed by atoms with Crippen LogP contribution < -0.4 is 5.32 Å². The summed E-state index contributed by atoms with van der Waals surface area (Å²) < 4.78 is 18.1. The molecule has 1 aliphatic rings. The molecule has 1 aliphatic heterocycles. The summed E-state index contributed by atoms with van der Waals surface area (Å²) in [5.41, 5.74) is 0.708. The number of benzene rings is 1. The molecule has 1 amide bonds. The number of hydrogen-bond acceptors (Lipinski definition) is 5. The summed E-state index contributed by atoms with van der Waals surface area (Å²) in [5, 5.41) is 7.19. The number of halogens is 1. The van der Waals surface area contributed by atoms with Crippen LogP contribution in [0.1, 0.15) is 25.2 Å². The monoisotopic (exact) mass is 332 g/mol. The Morgan fingerprint density at radius 2 is 2.08 bits per heavy atom. The molecule has 6 nitrogen and oxygen atoms in total. The Bertz CT molecular complexity index is 663. The molecule has 0 unspecified atom stereocenters. The third-order valence-corrected chi connectivity index (χ3v) is 4.04. The standard InChI is InChI=1S/C17H21FN4O2/c18-14-7-5-13(6-8-14)17-20-15(24-21-17)3-1-4-16(23)22-11-2-9-19-10-12-22/h5-8,19H,1-4,9-12H2. The predicted molar refractivity (Wildman–Crippen MR) is 86.7 cm³/mol. The van der Waals surface area contributed by atoms with E-state index in [-0.39, 0.29) is 11.7 Å². The quantitative estimate of drug-likeness (QED) is 0.907. The van der Waals surface area contributed by atoms with Gasteiger partial charge in [-0.2, -0.15) is 4.98 Å². The summed E-state index contributed by atoms with van der Waals surface area (Å²) in [7, 11) is 0. The Morgan fingerprint density at radius 3 is 2.92 bits per heavy atom. The minimum absolute atomic E-state index is 0.178. The van der Waals surface area contributed by atoms with E-state index >= 15 is 0 Å². The van der Waals surface area contributed by atoms with Gasteiger partial charge in [0.1, 0.15) is 5.82 Å². The van der Waals surface area contributed by atoms with Crippen molar-refractivity contribution in [3.05, 3.63) is 36.0 Å². The van der Waals surface area contributed by atoms with Crippen LogP contribution in [0.15, 0.2) is 28.8 Å². The Kier molecular flexibility index (Phi) is 5.53. The Labute approximate surface area is 140 Å². The highest BCUT2D eigenvalue weighted by Crippen LogP contribution is 2.17. The zero-order chi connectivity index (χ0) is 16.8. The third-order valence-electron chi connectivity index (χ3n) is 4.04. The van der Waals surface area contributed by atoms with Crippen LogP contribution in [0.5, 0.6) is 0 Å². The van der Waals surface area contributed by atoms with Gasteiger partial charge in [0, 0.05) is 38.0 Å². The Balaban J connectivity index is 1.48. The maximum absolute atomic E-state index is 12.9. The zero-order valence-electron chi connectivity index (χ0n) is 13.5. The van der Waals surface area contributed by atoms with Crippen molar-refractivity contribution in [2.24, 2.45) is 0 Å². The SMILES string of the molecule is O=C(CCCc1nc(-c2ccc(F)cc2)no1)N1CCCNCC1. The van der Waals surface area contributed by atoms with Gasteiger partial charge in [-0.15, -0.1) is 0 Å².